The molecule has 0 fully saturated rings. The quantitative estimate of drug-likeness (QED) is 0.823. The molecule has 4 heteroatoms. The fourth-order valence-electron chi connectivity index (χ4n) is 1.58. The molecule has 3 nitrogen and oxygen atoms in total. The van der Waals surface area contributed by atoms with Gasteiger partial charge in [0, 0.05) is 35.4 Å². The van der Waals surface area contributed by atoms with E-state index in [0.717, 1.165) is 18.8 Å². The van der Waals surface area contributed by atoms with Crippen LogP contribution in [-0.2, 0) is 13.1 Å². The highest BCUT2D eigenvalue weighted by atomic mass is 32.2. The predicted octanol–water partition coefficient (Wildman–Crippen LogP) is 3.24. The highest BCUT2D eigenvalue weighted by molar-refractivity contribution is 7.98. The number of aryl methyl sites for hydroxylation is 1. The average molecular weight is 247 g/mol. The summed E-state index contributed by atoms with van der Waals surface area (Å²) in [7, 11) is 0. The van der Waals surface area contributed by atoms with Crippen molar-refractivity contribution in [3.8, 4) is 0 Å². The lowest BCUT2D eigenvalue weighted by molar-refractivity contribution is 0.659. The van der Waals surface area contributed by atoms with Gasteiger partial charge in [0.25, 0.3) is 0 Å². The molecule has 0 atom stereocenters. The maximum Gasteiger partial charge on any atom is 0.0539 e. The number of benzene rings is 1. The third kappa shape index (κ3) is 3.27. The topological polar surface area (TPSA) is 29.9 Å². The number of hydrogen-bond acceptors (Lipinski definition) is 3. The van der Waals surface area contributed by atoms with Crippen molar-refractivity contribution in [3.05, 3.63) is 42.2 Å². The molecule has 90 valence electrons. The lowest BCUT2D eigenvalue weighted by atomic mass is 10.3. The van der Waals surface area contributed by atoms with Crippen LogP contribution in [0.2, 0.25) is 0 Å². The van der Waals surface area contributed by atoms with Crippen LogP contribution >= 0.6 is 11.8 Å². The Bertz CT molecular complexity index is 462. The van der Waals surface area contributed by atoms with Crippen LogP contribution in [0.1, 0.15) is 12.5 Å². The minimum Gasteiger partial charge on any atom is -0.381 e. The maximum absolute atomic E-state index is 4.25. The minimum atomic E-state index is 0.818. The van der Waals surface area contributed by atoms with Crippen molar-refractivity contribution in [2.75, 3.05) is 11.6 Å². The molecule has 0 aliphatic heterocycles. The van der Waals surface area contributed by atoms with Crippen molar-refractivity contribution >= 4 is 17.4 Å². The molecule has 0 saturated heterocycles. The predicted molar refractivity (Wildman–Crippen MR) is 73.5 cm³/mol. The second-order valence-electron chi connectivity index (χ2n) is 3.79. The van der Waals surface area contributed by atoms with Crippen molar-refractivity contribution < 1.29 is 0 Å². The van der Waals surface area contributed by atoms with Gasteiger partial charge in [-0.3, -0.25) is 4.68 Å². The fourth-order valence-corrected chi connectivity index (χ4v) is 1.99. The summed E-state index contributed by atoms with van der Waals surface area (Å²) in [4.78, 5) is 1.29. The van der Waals surface area contributed by atoms with E-state index in [1.807, 2.05) is 10.9 Å². The largest absolute Gasteiger partial charge is 0.381 e. The zero-order valence-electron chi connectivity index (χ0n) is 10.2. The number of hydrogen-bond donors (Lipinski definition) is 1. The van der Waals surface area contributed by atoms with Crippen LogP contribution in [0, 0.1) is 0 Å². The Morgan fingerprint density at radius 1 is 1.29 bits per heavy atom. The number of nitrogens with zero attached hydrogens (tertiary/aromatic N) is 2. The van der Waals surface area contributed by atoms with E-state index in [1.54, 1.807) is 11.8 Å². The maximum atomic E-state index is 4.25. The number of anilines is 1. The summed E-state index contributed by atoms with van der Waals surface area (Å²) < 4.78 is 1.94. The minimum absolute atomic E-state index is 0.818. The molecule has 0 radical (unpaired) electrons. The highest BCUT2D eigenvalue weighted by Crippen LogP contribution is 2.17. The zero-order chi connectivity index (χ0) is 12.1. The van der Waals surface area contributed by atoms with Gasteiger partial charge in [-0.05, 0) is 37.4 Å². The van der Waals surface area contributed by atoms with Crippen LogP contribution in [0.5, 0.6) is 0 Å². The van der Waals surface area contributed by atoms with Gasteiger partial charge < -0.3 is 5.32 Å². The third-order valence-corrected chi connectivity index (χ3v) is 3.34. The molecule has 0 aliphatic carbocycles. The molecular formula is C13H17N3S. The summed E-state index contributed by atoms with van der Waals surface area (Å²) in [6, 6.07) is 8.47. The first-order valence-corrected chi connectivity index (χ1v) is 6.93. The first kappa shape index (κ1) is 12.0. The Morgan fingerprint density at radius 3 is 2.65 bits per heavy atom. The summed E-state index contributed by atoms with van der Waals surface area (Å²) >= 11 is 1.76. The van der Waals surface area contributed by atoms with Gasteiger partial charge in [-0.25, -0.2) is 0 Å². The van der Waals surface area contributed by atoms with Gasteiger partial charge in [-0.1, -0.05) is 0 Å². The average Bonchev–Trinajstić information content (AvgIpc) is 2.85. The van der Waals surface area contributed by atoms with E-state index < -0.39 is 0 Å². The molecule has 1 N–H and O–H groups in total. The van der Waals surface area contributed by atoms with Crippen molar-refractivity contribution in [2.45, 2.75) is 24.9 Å². The van der Waals surface area contributed by atoms with E-state index >= 15 is 0 Å². The summed E-state index contributed by atoms with van der Waals surface area (Å²) in [5.74, 6) is 0. The molecular weight excluding hydrogens is 230 g/mol. The fraction of sp³-hybridized carbons (Fsp3) is 0.308. The monoisotopic (exact) mass is 247 g/mol. The smallest absolute Gasteiger partial charge is 0.0539 e. The Balaban J connectivity index is 1.92. The molecule has 0 unspecified atom stereocenters. The Hall–Kier alpha value is -1.42. The summed E-state index contributed by atoms with van der Waals surface area (Å²) in [6.45, 7) is 3.83. The molecule has 0 amide bonds. The van der Waals surface area contributed by atoms with Gasteiger partial charge in [-0.15, -0.1) is 11.8 Å². The normalized spacial score (nSPS) is 10.5. The molecule has 0 aliphatic rings. The first-order chi connectivity index (χ1) is 8.31. The molecule has 2 aromatic rings. The van der Waals surface area contributed by atoms with E-state index in [2.05, 4.69) is 54.1 Å². The van der Waals surface area contributed by atoms with Crippen LogP contribution < -0.4 is 5.32 Å². The highest BCUT2D eigenvalue weighted by Gasteiger charge is 1.97. The molecule has 0 bridgehead atoms. The summed E-state index contributed by atoms with van der Waals surface area (Å²) in [5, 5.41) is 7.63. The molecule has 1 aromatic carbocycles. The van der Waals surface area contributed by atoms with Crippen molar-refractivity contribution in [2.24, 2.45) is 0 Å². The summed E-state index contributed by atoms with van der Waals surface area (Å²) in [5.41, 5.74) is 2.35. The van der Waals surface area contributed by atoms with Crippen LogP contribution in [0.25, 0.3) is 0 Å². The molecule has 1 aromatic heterocycles. The van der Waals surface area contributed by atoms with E-state index in [1.165, 1.54) is 10.5 Å². The van der Waals surface area contributed by atoms with Gasteiger partial charge in [0.1, 0.15) is 0 Å². The molecule has 0 saturated carbocycles. The molecule has 1 heterocycles. The standard InChI is InChI=1S/C13H17N3S/c1-3-16-10-11(9-15-16)8-14-12-4-6-13(17-2)7-5-12/h4-7,9-10,14H,3,8H2,1-2H3. The van der Waals surface area contributed by atoms with Gasteiger partial charge in [0.15, 0.2) is 0 Å². The first-order valence-electron chi connectivity index (χ1n) is 5.71. The van der Waals surface area contributed by atoms with Crippen molar-refractivity contribution in [3.63, 3.8) is 0 Å². The van der Waals surface area contributed by atoms with E-state index in [9.17, 15) is 0 Å². The zero-order valence-corrected chi connectivity index (χ0v) is 11.0. The second kappa shape index (κ2) is 5.77. The lowest BCUT2D eigenvalue weighted by Crippen LogP contribution is -1.98. The van der Waals surface area contributed by atoms with Crippen LogP contribution in [0.15, 0.2) is 41.6 Å². The lowest BCUT2D eigenvalue weighted by Gasteiger charge is -2.05. The van der Waals surface area contributed by atoms with Crippen LogP contribution in [0.3, 0.4) is 0 Å². The molecule has 0 spiro atoms. The Kier molecular flexibility index (Phi) is 4.09. The third-order valence-electron chi connectivity index (χ3n) is 2.60. The van der Waals surface area contributed by atoms with Crippen molar-refractivity contribution in [1.82, 2.24) is 9.78 Å². The van der Waals surface area contributed by atoms with Crippen molar-refractivity contribution in [1.29, 1.82) is 0 Å². The second-order valence-corrected chi connectivity index (χ2v) is 4.67. The number of thioether (sulfide) groups is 1. The van der Waals surface area contributed by atoms with Crippen LogP contribution in [-0.4, -0.2) is 16.0 Å². The van der Waals surface area contributed by atoms with Gasteiger partial charge in [0.05, 0.1) is 6.20 Å². The number of aromatic nitrogens is 2. The van der Waals surface area contributed by atoms with Gasteiger partial charge >= 0.3 is 0 Å². The SMILES string of the molecule is CCn1cc(CNc2ccc(SC)cc2)cn1. The molecule has 2 rings (SSSR count). The van der Waals surface area contributed by atoms with Crippen LogP contribution in [0.4, 0.5) is 5.69 Å². The summed E-state index contributed by atoms with van der Waals surface area (Å²) in [6.07, 6.45) is 6.07. The number of rotatable bonds is 5. The molecule has 17 heavy (non-hydrogen) atoms. The van der Waals surface area contributed by atoms with E-state index in [0.29, 0.717) is 0 Å². The Morgan fingerprint density at radius 2 is 2.06 bits per heavy atom. The number of nitrogens with one attached hydrogen (secondary N) is 1. The Labute approximate surface area is 106 Å². The van der Waals surface area contributed by atoms with Gasteiger partial charge in [0.2, 0.25) is 0 Å². The van der Waals surface area contributed by atoms with E-state index in [-0.39, 0.29) is 0 Å². The van der Waals surface area contributed by atoms with E-state index in [4.69, 9.17) is 0 Å². The van der Waals surface area contributed by atoms with Gasteiger partial charge in [-0.2, -0.15) is 5.10 Å².